The number of fused-ring (bicyclic) bond motifs is 8. The lowest BCUT2D eigenvalue weighted by molar-refractivity contribution is 0.0517. The first-order valence-electron chi connectivity index (χ1n) is 23.3. The van der Waals surface area contributed by atoms with Crippen molar-refractivity contribution < 1.29 is 38.1 Å². The number of hydrogen-bond acceptors (Lipinski definition) is 10. The van der Waals surface area contributed by atoms with Crippen LogP contribution in [0.1, 0.15) is 91.9 Å². The zero-order valence-corrected chi connectivity index (χ0v) is 46.3. The molecule has 20 heteroatoms. The van der Waals surface area contributed by atoms with Gasteiger partial charge < -0.3 is 28.9 Å². The molecular weight excluding hydrogens is 1140 g/mol. The Bertz CT molecular complexity index is 3310. The van der Waals surface area contributed by atoms with Gasteiger partial charge in [0.1, 0.15) is 0 Å². The van der Waals surface area contributed by atoms with E-state index in [4.69, 9.17) is 122 Å². The normalized spacial score (nSPS) is 12.3. The molecule has 0 radical (unpaired) electrons. The summed E-state index contributed by atoms with van der Waals surface area (Å²) in [6, 6.07) is 25.8. The molecule has 0 unspecified atom stereocenters. The van der Waals surface area contributed by atoms with E-state index in [-0.39, 0.29) is 156 Å². The Kier molecular flexibility index (Phi) is 16.3. The smallest absolute Gasteiger partial charge is 0.338 e. The van der Waals surface area contributed by atoms with Crippen LogP contribution in [-0.4, -0.2) is 70.2 Å². The number of aromatic nitrogens is 4. The van der Waals surface area contributed by atoms with Crippen LogP contribution in [-0.2, 0) is 18.9 Å². The molecule has 76 heavy (non-hydrogen) atoms. The van der Waals surface area contributed by atoms with Crippen LogP contribution >= 0.6 is 92.8 Å². The molecular formula is C56H38Cl8N4O8. The highest BCUT2D eigenvalue weighted by atomic mass is 35.5. The van der Waals surface area contributed by atoms with Crippen LogP contribution in [0.25, 0.3) is 86.7 Å². The summed E-state index contributed by atoms with van der Waals surface area (Å²) in [5.74, 6) is -2.21. The Balaban J connectivity index is 1.52. The van der Waals surface area contributed by atoms with E-state index < -0.39 is 23.9 Å². The lowest BCUT2D eigenvalue weighted by Crippen LogP contribution is -2.04. The lowest BCUT2D eigenvalue weighted by atomic mass is 10.0. The monoisotopic (exact) mass is 1170 g/mol. The third kappa shape index (κ3) is 9.98. The van der Waals surface area contributed by atoms with Crippen molar-refractivity contribution in [2.75, 3.05) is 26.4 Å². The molecule has 3 aromatic heterocycles. The fourth-order valence-electron chi connectivity index (χ4n) is 8.64. The van der Waals surface area contributed by atoms with Gasteiger partial charge in [0.25, 0.3) is 0 Å². The van der Waals surface area contributed by atoms with Gasteiger partial charge >= 0.3 is 23.9 Å². The molecule has 2 N–H and O–H groups in total. The summed E-state index contributed by atoms with van der Waals surface area (Å²) in [5.41, 5.74) is 5.00. The second kappa shape index (κ2) is 22.7. The minimum absolute atomic E-state index is 0.00653. The molecule has 0 fully saturated rings. The summed E-state index contributed by atoms with van der Waals surface area (Å²) in [7, 11) is 0. The van der Waals surface area contributed by atoms with Gasteiger partial charge in [0.15, 0.2) is 0 Å². The third-order valence-corrected chi connectivity index (χ3v) is 15.5. The largest absolute Gasteiger partial charge is 0.462 e. The van der Waals surface area contributed by atoms with E-state index >= 15 is 0 Å². The van der Waals surface area contributed by atoms with Crippen LogP contribution in [0.5, 0.6) is 0 Å². The summed E-state index contributed by atoms with van der Waals surface area (Å²) in [5, 5.41) is -0.164. The maximum absolute atomic E-state index is 12.9. The van der Waals surface area contributed by atoms with Gasteiger partial charge in [0.2, 0.25) is 0 Å². The van der Waals surface area contributed by atoms with Gasteiger partial charge in [-0.05, 0) is 98.5 Å². The van der Waals surface area contributed by atoms with Gasteiger partial charge in [-0.3, -0.25) is 0 Å². The Morgan fingerprint density at radius 1 is 0.342 bits per heavy atom. The van der Waals surface area contributed by atoms with E-state index in [0.29, 0.717) is 22.3 Å². The molecule has 12 nitrogen and oxygen atoms in total. The zero-order chi connectivity index (χ0) is 54.3. The second-order valence-corrected chi connectivity index (χ2v) is 19.6. The number of esters is 4. The maximum atomic E-state index is 12.9. The van der Waals surface area contributed by atoms with Crippen LogP contribution in [0.4, 0.5) is 0 Å². The van der Waals surface area contributed by atoms with Crippen molar-refractivity contribution in [1.82, 2.24) is 19.9 Å². The number of carbonyl (C=O) groups excluding carboxylic acids is 4. The van der Waals surface area contributed by atoms with Crippen LogP contribution in [0.15, 0.2) is 97.1 Å². The molecule has 4 aromatic carbocycles. The summed E-state index contributed by atoms with van der Waals surface area (Å²) in [6.45, 7) is 7.40. The predicted molar refractivity (Wildman–Crippen MR) is 304 cm³/mol. The van der Waals surface area contributed by atoms with E-state index in [9.17, 15) is 19.2 Å². The van der Waals surface area contributed by atoms with E-state index in [0.717, 1.165) is 0 Å². The van der Waals surface area contributed by atoms with Crippen molar-refractivity contribution >= 4 is 159 Å². The summed E-state index contributed by atoms with van der Waals surface area (Å²) in [4.78, 5) is 69.0. The molecule has 2 aliphatic heterocycles. The molecule has 2 aliphatic rings. The van der Waals surface area contributed by atoms with Crippen LogP contribution < -0.4 is 0 Å². The zero-order valence-electron chi connectivity index (χ0n) is 40.3. The molecule has 0 saturated heterocycles. The standard InChI is InChI=1S/C56H38Cl8N4O8/c1-5-73-53(69)29-17-9-25(10-18-29)33-45-37(57)39(59)47(65-45)34(26-11-19-30(20-12-26)54(70)74-6-2)49-41(61)43(63)51(67-49)36(28-15-23-32(24-16-28)56(72)76-8-4)52-44(64)42(62)50(68-52)35(48-40(60)38(58)46(33)66-48)27-13-21-31(22-14-27)55(71)75-7-3/h9-24,65,68H,5-8H2,1-4H3. The number of ether oxygens (including phenoxy) is 4. The summed E-state index contributed by atoms with van der Waals surface area (Å²) < 4.78 is 21.1. The Hall–Kier alpha value is -6.32. The van der Waals surface area contributed by atoms with Gasteiger partial charge in [-0.2, -0.15) is 0 Å². The molecule has 0 spiro atoms. The Morgan fingerprint density at radius 3 is 0.697 bits per heavy atom. The van der Waals surface area contributed by atoms with Crippen molar-refractivity contribution in [1.29, 1.82) is 0 Å². The number of benzene rings is 4. The number of halogens is 8. The maximum Gasteiger partial charge on any atom is 0.338 e. The fraction of sp³-hybridized carbons (Fsp3) is 0.143. The third-order valence-electron chi connectivity index (χ3n) is 12.1. The van der Waals surface area contributed by atoms with Gasteiger partial charge in [-0.1, -0.05) is 141 Å². The van der Waals surface area contributed by atoms with Crippen molar-refractivity contribution in [2.45, 2.75) is 27.7 Å². The van der Waals surface area contributed by atoms with Gasteiger partial charge in [-0.15, -0.1) is 0 Å². The van der Waals surface area contributed by atoms with Crippen molar-refractivity contribution in [3.63, 3.8) is 0 Å². The first kappa shape index (κ1) is 54.5. The molecule has 5 heterocycles. The molecule has 0 aliphatic carbocycles. The van der Waals surface area contributed by atoms with Crippen LogP contribution in [0.3, 0.4) is 0 Å². The number of hydrogen-bond donors (Lipinski definition) is 2. The average molecular weight is 1180 g/mol. The van der Waals surface area contributed by atoms with E-state index in [1.165, 1.54) is 0 Å². The molecule has 8 bridgehead atoms. The van der Waals surface area contributed by atoms with Crippen molar-refractivity contribution in [3.05, 3.63) is 162 Å². The molecule has 0 amide bonds. The Morgan fingerprint density at radius 2 is 0.526 bits per heavy atom. The summed E-state index contributed by atoms with van der Waals surface area (Å²) >= 11 is 59.2. The topological polar surface area (TPSA) is 163 Å². The second-order valence-electron chi connectivity index (χ2n) is 16.6. The van der Waals surface area contributed by atoms with Gasteiger partial charge in [0, 0.05) is 22.3 Å². The van der Waals surface area contributed by atoms with Crippen LogP contribution in [0.2, 0.25) is 20.1 Å². The number of carbonyl (C=O) groups is 4. The average Bonchev–Trinajstić information content (AvgIpc) is 4.09. The fourth-order valence-corrected chi connectivity index (χ4v) is 10.5. The minimum atomic E-state index is -0.552. The van der Waals surface area contributed by atoms with E-state index in [2.05, 4.69) is 9.97 Å². The molecule has 9 rings (SSSR count). The number of aromatic amines is 2. The minimum Gasteiger partial charge on any atom is -0.462 e. The highest BCUT2D eigenvalue weighted by Crippen LogP contribution is 2.52. The number of rotatable bonds is 12. The van der Waals surface area contributed by atoms with E-state index in [1.807, 2.05) is 0 Å². The van der Waals surface area contributed by atoms with Gasteiger partial charge in [0.05, 0.1) is 134 Å². The highest BCUT2D eigenvalue weighted by molar-refractivity contribution is 6.67. The highest BCUT2D eigenvalue weighted by Gasteiger charge is 2.32. The van der Waals surface area contributed by atoms with Crippen LogP contribution in [0, 0.1) is 0 Å². The first-order valence-corrected chi connectivity index (χ1v) is 26.3. The van der Waals surface area contributed by atoms with E-state index in [1.54, 1.807) is 125 Å². The molecule has 386 valence electrons. The predicted octanol–water partition coefficient (Wildman–Crippen LogP) is 16.9. The van der Waals surface area contributed by atoms with Crippen molar-refractivity contribution in [3.8, 4) is 44.5 Å². The SMILES string of the molecule is CCOC(=O)c1ccc(-c2c3nc(c(-c4ccc(C(=O)OCC)cc4)c4[nH]c(c(Cl)c4Cl)c(-c4ccc(C(=O)OCC)cc4)c4nc(c(-c5ccc(C(=O)OCC)cc5)c5[nH]c2c(Cl)c5Cl)C(Cl)=C4Cl)C(Cl)=C3Cl)cc1. The van der Waals surface area contributed by atoms with Gasteiger partial charge in [-0.25, -0.2) is 29.1 Å². The number of H-pyrrole nitrogens is 2. The Labute approximate surface area is 474 Å². The number of nitrogens with one attached hydrogen (secondary N) is 2. The molecule has 7 aromatic rings. The molecule has 0 saturated carbocycles. The lowest BCUT2D eigenvalue weighted by Gasteiger charge is -2.09. The number of nitrogens with zero attached hydrogens (tertiary/aromatic N) is 2. The molecule has 0 atom stereocenters. The summed E-state index contributed by atoms with van der Waals surface area (Å²) in [6.07, 6.45) is 0. The quantitative estimate of drug-likeness (QED) is 0.0889. The first-order chi connectivity index (χ1) is 36.5. The van der Waals surface area contributed by atoms with Crippen molar-refractivity contribution in [2.24, 2.45) is 0 Å².